The van der Waals surface area contributed by atoms with Crippen molar-refractivity contribution in [2.24, 2.45) is 0 Å². The largest absolute Gasteiger partial charge is 0.351 e. The molecule has 4 nitrogen and oxygen atoms in total. The zero-order valence-corrected chi connectivity index (χ0v) is 12.9. The lowest BCUT2D eigenvalue weighted by atomic mass is 10.00. The molecule has 1 aliphatic rings. The van der Waals surface area contributed by atoms with Crippen LogP contribution >= 0.6 is 0 Å². The van der Waals surface area contributed by atoms with Gasteiger partial charge in [0.15, 0.2) is 0 Å². The number of benzene rings is 1. The van der Waals surface area contributed by atoms with Crippen LogP contribution in [0.25, 0.3) is 0 Å². The summed E-state index contributed by atoms with van der Waals surface area (Å²) in [5.41, 5.74) is 4.40. The molecule has 4 heteroatoms. The Bertz CT molecular complexity index is 652. The number of nitrogens with one attached hydrogen (secondary N) is 1. The van der Waals surface area contributed by atoms with E-state index in [0.29, 0.717) is 12.1 Å². The summed E-state index contributed by atoms with van der Waals surface area (Å²) in [7, 11) is 0. The summed E-state index contributed by atoms with van der Waals surface area (Å²) >= 11 is 0. The molecule has 0 radical (unpaired) electrons. The topological polar surface area (TPSA) is 45.2 Å². The predicted molar refractivity (Wildman–Crippen MR) is 86.7 cm³/mol. The summed E-state index contributed by atoms with van der Waals surface area (Å²) in [5.74, 6) is -0.0510. The van der Waals surface area contributed by atoms with Crippen molar-refractivity contribution in [3.63, 3.8) is 0 Å². The average molecular weight is 295 g/mol. The molecule has 0 bridgehead atoms. The van der Waals surface area contributed by atoms with Crippen LogP contribution in [-0.4, -0.2) is 35.4 Å². The normalized spacial score (nSPS) is 14.4. The average Bonchev–Trinajstić information content (AvgIpc) is 2.55. The highest BCUT2D eigenvalue weighted by Crippen LogP contribution is 2.17. The van der Waals surface area contributed by atoms with Crippen molar-refractivity contribution in [2.45, 2.75) is 19.9 Å². The standard InChI is InChI=1S/C18H21N3O/c1-14-6-7-16(12-20-14)18(22)19-9-11-21-10-8-15-4-2-3-5-17(15)13-21/h2-7,12H,8-11,13H2,1H3,(H,19,22). The number of hydrogen-bond acceptors (Lipinski definition) is 3. The Labute approximate surface area is 131 Å². The number of aromatic nitrogens is 1. The van der Waals surface area contributed by atoms with E-state index in [1.807, 2.05) is 19.1 Å². The highest BCUT2D eigenvalue weighted by atomic mass is 16.1. The summed E-state index contributed by atoms with van der Waals surface area (Å²) in [6.07, 6.45) is 2.72. The zero-order valence-electron chi connectivity index (χ0n) is 12.9. The van der Waals surface area contributed by atoms with Crippen LogP contribution in [0, 0.1) is 6.92 Å². The van der Waals surface area contributed by atoms with Crippen LogP contribution in [0.15, 0.2) is 42.6 Å². The van der Waals surface area contributed by atoms with Crippen molar-refractivity contribution in [2.75, 3.05) is 19.6 Å². The van der Waals surface area contributed by atoms with E-state index in [-0.39, 0.29) is 5.91 Å². The minimum atomic E-state index is -0.0510. The van der Waals surface area contributed by atoms with E-state index in [2.05, 4.69) is 39.5 Å². The Morgan fingerprint density at radius 2 is 2.05 bits per heavy atom. The Morgan fingerprint density at radius 1 is 1.23 bits per heavy atom. The van der Waals surface area contributed by atoms with Crippen molar-refractivity contribution in [3.05, 3.63) is 65.0 Å². The third-order valence-electron chi connectivity index (χ3n) is 4.10. The first-order valence-corrected chi connectivity index (χ1v) is 7.72. The van der Waals surface area contributed by atoms with Gasteiger partial charge in [-0.25, -0.2) is 0 Å². The van der Waals surface area contributed by atoms with Gasteiger partial charge >= 0.3 is 0 Å². The van der Waals surface area contributed by atoms with Gasteiger partial charge in [0.2, 0.25) is 0 Å². The fourth-order valence-corrected chi connectivity index (χ4v) is 2.78. The first-order chi connectivity index (χ1) is 10.7. The number of hydrogen-bond donors (Lipinski definition) is 1. The molecule has 1 aliphatic heterocycles. The molecule has 1 aromatic carbocycles. The highest BCUT2D eigenvalue weighted by Gasteiger charge is 2.15. The Morgan fingerprint density at radius 3 is 2.82 bits per heavy atom. The SMILES string of the molecule is Cc1ccc(C(=O)NCCN2CCc3ccccc3C2)cn1. The van der Waals surface area contributed by atoms with Gasteiger partial charge in [-0.3, -0.25) is 14.7 Å². The number of carbonyl (C=O) groups excluding carboxylic acids is 1. The molecular formula is C18H21N3O. The number of amides is 1. The molecule has 0 aliphatic carbocycles. The monoisotopic (exact) mass is 295 g/mol. The molecule has 22 heavy (non-hydrogen) atoms. The molecule has 0 atom stereocenters. The molecule has 0 spiro atoms. The van der Waals surface area contributed by atoms with Gasteiger partial charge in [-0.15, -0.1) is 0 Å². The van der Waals surface area contributed by atoms with E-state index in [4.69, 9.17) is 0 Å². The van der Waals surface area contributed by atoms with Crippen molar-refractivity contribution in [1.82, 2.24) is 15.2 Å². The highest BCUT2D eigenvalue weighted by molar-refractivity contribution is 5.93. The molecule has 114 valence electrons. The minimum absolute atomic E-state index is 0.0510. The third kappa shape index (κ3) is 3.52. The maximum atomic E-state index is 12.0. The van der Waals surface area contributed by atoms with Crippen LogP contribution in [0.3, 0.4) is 0 Å². The zero-order chi connectivity index (χ0) is 15.4. The lowest BCUT2D eigenvalue weighted by Crippen LogP contribution is -2.37. The molecule has 1 N–H and O–H groups in total. The molecule has 2 heterocycles. The molecule has 0 saturated carbocycles. The first kappa shape index (κ1) is 14.7. The van der Waals surface area contributed by atoms with Gasteiger partial charge in [-0.2, -0.15) is 0 Å². The van der Waals surface area contributed by atoms with Crippen molar-refractivity contribution < 1.29 is 4.79 Å². The van der Waals surface area contributed by atoms with Crippen LogP contribution in [-0.2, 0) is 13.0 Å². The number of aryl methyl sites for hydroxylation is 1. The Kier molecular flexibility index (Phi) is 4.49. The van der Waals surface area contributed by atoms with Gasteiger partial charge in [0, 0.05) is 38.1 Å². The molecule has 3 rings (SSSR count). The van der Waals surface area contributed by atoms with Gasteiger partial charge < -0.3 is 5.32 Å². The third-order valence-corrected chi connectivity index (χ3v) is 4.10. The number of fused-ring (bicyclic) bond motifs is 1. The van der Waals surface area contributed by atoms with Gasteiger partial charge in [0.05, 0.1) is 5.56 Å². The van der Waals surface area contributed by atoms with Crippen molar-refractivity contribution in [3.8, 4) is 0 Å². The summed E-state index contributed by atoms with van der Waals surface area (Å²) in [5, 5.41) is 2.97. The van der Waals surface area contributed by atoms with E-state index in [0.717, 1.165) is 31.7 Å². The molecule has 1 amide bonds. The smallest absolute Gasteiger partial charge is 0.252 e. The fourth-order valence-electron chi connectivity index (χ4n) is 2.78. The van der Waals surface area contributed by atoms with E-state index in [9.17, 15) is 4.79 Å². The van der Waals surface area contributed by atoms with Crippen LogP contribution in [0.2, 0.25) is 0 Å². The van der Waals surface area contributed by atoms with E-state index < -0.39 is 0 Å². The minimum Gasteiger partial charge on any atom is -0.351 e. The van der Waals surface area contributed by atoms with Crippen LogP contribution in [0.5, 0.6) is 0 Å². The Balaban J connectivity index is 1.48. The maximum absolute atomic E-state index is 12.0. The van der Waals surface area contributed by atoms with Gasteiger partial charge in [0.25, 0.3) is 5.91 Å². The number of pyridine rings is 1. The Hall–Kier alpha value is -2.20. The van der Waals surface area contributed by atoms with Gasteiger partial charge in [0.1, 0.15) is 0 Å². The second-order valence-corrected chi connectivity index (χ2v) is 5.74. The maximum Gasteiger partial charge on any atom is 0.252 e. The first-order valence-electron chi connectivity index (χ1n) is 7.72. The fraction of sp³-hybridized carbons (Fsp3) is 0.333. The predicted octanol–water partition coefficient (Wildman–Crippen LogP) is 2.18. The number of rotatable bonds is 4. The molecule has 0 unspecified atom stereocenters. The van der Waals surface area contributed by atoms with Crippen LogP contribution in [0.1, 0.15) is 27.2 Å². The van der Waals surface area contributed by atoms with E-state index in [1.54, 1.807) is 6.20 Å². The summed E-state index contributed by atoms with van der Waals surface area (Å²) in [6.45, 7) is 5.47. The van der Waals surface area contributed by atoms with E-state index in [1.165, 1.54) is 11.1 Å². The van der Waals surface area contributed by atoms with Crippen molar-refractivity contribution >= 4 is 5.91 Å². The second-order valence-electron chi connectivity index (χ2n) is 5.74. The summed E-state index contributed by atoms with van der Waals surface area (Å²) in [4.78, 5) is 18.6. The summed E-state index contributed by atoms with van der Waals surface area (Å²) in [6, 6.07) is 12.3. The quantitative estimate of drug-likeness (QED) is 0.940. The summed E-state index contributed by atoms with van der Waals surface area (Å²) < 4.78 is 0. The van der Waals surface area contributed by atoms with Crippen molar-refractivity contribution in [1.29, 1.82) is 0 Å². The number of nitrogens with zero attached hydrogens (tertiary/aromatic N) is 2. The van der Waals surface area contributed by atoms with Gasteiger partial charge in [-0.05, 0) is 36.6 Å². The lowest BCUT2D eigenvalue weighted by molar-refractivity contribution is 0.0947. The lowest BCUT2D eigenvalue weighted by Gasteiger charge is -2.28. The molecule has 0 fully saturated rings. The van der Waals surface area contributed by atoms with Crippen LogP contribution in [0.4, 0.5) is 0 Å². The molecule has 2 aromatic rings. The van der Waals surface area contributed by atoms with Gasteiger partial charge in [-0.1, -0.05) is 24.3 Å². The van der Waals surface area contributed by atoms with E-state index >= 15 is 0 Å². The molecule has 1 aromatic heterocycles. The second kappa shape index (κ2) is 6.71. The van der Waals surface area contributed by atoms with Crippen LogP contribution < -0.4 is 5.32 Å². The molecule has 0 saturated heterocycles. The number of carbonyl (C=O) groups is 1. The molecular weight excluding hydrogens is 274 g/mol.